The number of hydrogen-bond acceptors (Lipinski definition) is 3. The standard InChI is InChI=1S/C18H17FN2O3S/c1-11-8-15(3-4-16(11)19)25(23,24)20-14-9-12-2-5-17(22)21-7-6-13(10-14)18(12)21/h3-4,8-10,20H,2,5-7H2,1H3. The van der Waals surface area contributed by atoms with E-state index in [2.05, 4.69) is 4.72 Å². The molecule has 7 heteroatoms. The van der Waals surface area contributed by atoms with Crippen molar-refractivity contribution < 1.29 is 17.6 Å². The molecule has 0 aliphatic carbocycles. The SMILES string of the molecule is Cc1cc(S(=O)(=O)Nc2cc3c4c(c2)CCN4C(=O)CC3)ccc1F. The number of sulfonamides is 1. The fourth-order valence-electron chi connectivity index (χ4n) is 3.52. The first-order valence-electron chi connectivity index (χ1n) is 8.10. The Labute approximate surface area is 145 Å². The normalized spacial score (nSPS) is 16.1. The molecule has 2 aromatic rings. The highest BCUT2D eigenvalue weighted by Crippen LogP contribution is 2.39. The minimum atomic E-state index is -3.80. The predicted octanol–water partition coefficient (Wildman–Crippen LogP) is 2.77. The van der Waals surface area contributed by atoms with Gasteiger partial charge in [0.25, 0.3) is 10.0 Å². The topological polar surface area (TPSA) is 66.5 Å². The largest absolute Gasteiger partial charge is 0.312 e. The lowest BCUT2D eigenvalue weighted by Crippen LogP contribution is -2.32. The van der Waals surface area contributed by atoms with Crippen molar-refractivity contribution in [1.29, 1.82) is 0 Å². The van der Waals surface area contributed by atoms with Crippen LogP contribution in [0.1, 0.15) is 23.1 Å². The number of carbonyl (C=O) groups excluding carboxylic acids is 1. The Morgan fingerprint density at radius 3 is 2.52 bits per heavy atom. The average Bonchev–Trinajstić information content (AvgIpc) is 2.98. The van der Waals surface area contributed by atoms with Gasteiger partial charge in [-0.1, -0.05) is 0 Å². The number of anilines is 2. The van der Waals surface area contributed by atoms with Gasteiger partial charge in [-0.2, -0.15) is 0 Å². The van der Waals surface area contributed by atoms with Crippen molar-refractivity contribution in [2.75, 3.05) is 16.2 Å². The van der Waals surface area contributed by atoms with Crippen LogP contribution in [0.2, 0.25) is 0 Å². The van der Waals surface area contributed by atoms with E-state index < -0.39 is 15.8 Å². The molecule has 0 bridgehead atoms. The van der Waals surface area contributed by atoms with Crippen molar-refractivity contribution in [3.63, 3.8) is 0 Å². The first-order chi connectivity index (χ1) is 11.8. The van der Waals surface area contributed by atoms with E-state index >= 15 is 0 Å². The number of halogens is 1. The molecule has 0 spiro atoms. The molecule has 0 atom stereocenters. The van der Waals surface area contributed by atoms with E-state index in [1.54, 1.807) is 17.0 Å². The lowest BCUT2D eigenvalue weighted by atomic mass is 9.99. The summed E-state index contributed by atoms with van der Waals surface area (Å²) in [6.07, 6.45) is 1.78. The molecule has 2 aliphatic heterocycles. The van der Waals surface area contributed by atoms with Gasteiger partial charge in [-0.15, -0.1) is 0 Å². The molecule has 0 radical (unpaired) electrons. The van der Waals surface area contributed by atoms with Gasteiger partial charge in [0.05, 0.1) is 10.6 Å². The molecule has 2 aromatic carbocycles. The number of amides is 1. The number of nitrogens with one attached hydrogen (secondary N) is 1. The highest BCUT2D eigenvalue weighted by atomic mass is 32.2. The van der Waals surface area contributed by atoms with Gasteiger partial charge < -0.3 is 4.90 Å². The Hall–Kier alpha value is -2.41. The molecule has 4 rings (SSSR count). The second-order valence-electron chi connectivity index (χ2n) is 6.45. The van der Waals surface area contributed by atoms with Gasteiger partial charge in [0.15, 0.2) is 0 Å². The molecular weight excluding hydrogens is 343 g/mol. The molecular formula is C18H17FN2O3S. The van der Waals surface area contributed by atoms with Crippen LogP contribution in [-0.2, 0) is 27.7 Å². The molecule has 2 heterocycles. The van der Waals surface area contributed by atoms with Gasteiger partial charge in [0.2, 0.25) is 5.91 Å². The maximum Gasteiger partial charge on any atom is 0.261 e. The molecule has 0 aromatic heterocycles. The zero-order valence-corrected chi connectivity index (χ0v) is 14.5. The molecule has 0 saturated carbocycles. The lowest BCUT2D eigenvalue weighted by Gasteiger charge is -2.26. The van der Waals surface area contributed by atoms with Crippen molar-refractivity contribution in [1.82, 2.24) is 0 Å². The van der Waals surface area contributed by atoms with Crippen molar-refractivity contribution in [3.8, 4) is 0 Å². The first-order valence-corrected chi connectivity index (χ1v) is 9.58. The van der Waals surface area contributed by atoms with E-state index in [0.717, 1.165) is 29.3 Å². The quantitative estimate of drug-likeness (QED) is 0.915. The number of aryl methyl sites for hydroxylation is 2. The van der Waals surface area contributed by atoms with Crippen LogP contribution in [0.5, 0.6) is 0 Å². The fraction of sp³-hybridized carbons (Fsp3) is 0.278. The number of benzene rings is 2. The summed E-state index contributed by atoms with van der Waals surface area (Å²) in [5.41, 5.74) is 3.67. The summed E-state index contributed by atoms with van der Waals surface area (Å²) >= 11 is 0. The number of carbonyl (C=O) groups is 1. The smallest absolute Gasteiger partial charge is 0.261 e. The molecule has 0 saturated heterocycles. The van der Waals surface area contributed by atoms with Crippen LogP contribution in [0.4, 0.5) is 15.8 Å². The summed E-state index contributed by atoms with van der Waals surface area (Å²) in [6.45, 7) is 2.17. The average molecular weight is 360 g/mol. The Kier molecular flexibility index (Phi) is 3.57. The summed E-state index contributed by atoms with van der Waals surface area (Å²) in [4.78, 5) is 13.8. The molecule has 0 unspecified atom stereocenters. The first kappa shape index (κ1) is 16.1. The zero-order valence-electron chi connectivity index (χ0n) is 13.7. The van der Waals surface area contributed by atoms with E-state index in [1.165, 1.54) is 19.1 Å². The van der Waals surface area contributed by atoms with Crippen LogP contribution in [0.25, 0.3) is 0 Å². The Morgan fingerprint density at radius 1 is 1.08 bits per heavy atom. The molecule has 1 amide bonds. The number of rotatable bonds is 3. The Bertz CT molecular complexity index is 1000. The summed E-state index contributed by atoms with van der Waals surface area (Å²) in [6, 6.07) is 7.29. The number of hydrogen-bond donors (Lipinski definition) is 1. The van der Waals surface area contributed by atoms with Crippen molar-refractivity contribution in [2.24, 2.45) is 0 Å². The third-order valence-corrected chi connectivity index (χ3v) is 6.12. The summed E-state index contributed by atoms with van der Waals surface area (Å²) < 4.78 is 41.2. The van der Waals surface area contributed by atoms with Gasteiger partial charge in [-0.3, -0.25) is 9.52 Å². The van der Waals surface area contributed by atoms with Crippen LogP contribution >= 0.6 is 0 Å². The Balaban J connectivity index is 1.70. The van der Waals surface area contributed by atoms with Crippen LogP contribution in [-0.4, -0.2) is 20.9 Å². The van der Waals surface area contributed by atoms with Gasteiger partial charge >= 0.3 is 0 Å². The Morgan fingerprint density at radius 2 is 1.80 bits per heavy atom. The molecule has 1 N–H and O–H groups in total. The minimum Gasteiger partial charge on any atom is -0.312 e. The molecule has 25 heavy (non-hydrogen) atoms. The van der Waals surface area contributed by atoms with E-state index in [0.29, 0.717) is 25.1 Å². The third-order valence-electron chi connectivity index (χ3n) is 4.74. The molecule has 5 nitrogen and oxygen atoms in total. The molecule has 130 valence electrons. The second kappa shape index (κ2) is 5.56. The van der Waals surface area contributed by atoms with Crippen LogP contribution in [0.15, 0.2) is 35.2 Å². The number of nitrogens with zero attached hydrogens (tertiary/aromatic N) is 1. The highest BCUT2D eigenvalue weighted by Gasteiger charge is 2.31. The van der Waals surface area contributed by atoms with Crippen LogP contribution in [0.3, 0.4) is 0 Å². The third kappa shape index (κ3) is 2.68. The maximum atomic E-state index is 13.4. The predicted molar refractivity (Wildman–Crippen MR) is 92.8 cm³/mol. The summed E-state index contributed by atoms with van der Waals surface area (Å²) in [5.74, 6) is -0.313. The van der Waals surface area contributed by atoms with Crippen molar-refractivity contribution in [3.05, 3.63) is 52.8 Å². The van der Waals surface area contributed by atoms with Crippen molar-refractivity contribution in [2.45, 2.75) is 31.1 Å². The summed E-state index contributed by atoms with van der Waals surface area (Å²) in [7, 11) is -3.80. The van der Waals surface area contributed by atoms with Gasteiger partial charge in [-0.25, -0.2) is 12.8 Å². The van der Waals surface area contributed by atoms with Crippen LogP contribution < -0.4 is 9.62 Å². The fourth-order valence-corrected chi connectivity index (χ4v) is 4.64. The van der Waals surface area contributed by atoms with Gasteiger partial charge in [0.1, 0.15) is 5.82 Å². The minimum absolute atomic E-state index is 0.0253. The van der Waals surface area contributed by atoms with E-state index in [-0.39, 0.29) is 16.4 Å². The van der Waals surface area contributed by atoms with E-state index in [1.807, 2.05) is 0 Å². The molecule has 2 aliphatic rings. The van der Waals surface area contributed by atoms with Gasteiger partial charge in [0, 0.05) is 18.7 Å². The zero-order chi connectivity index (χ0) is 17.8. The van der Waals surface area contributed by atoms with Gasteiger partial charge in [-0.05, 0) is 66.8 Å². The van der Waals surface area contributed by atoms with Crippen molar-refractivity contribution >= 4 is 27.3 Å². The summed E-state index contributed by atoms with van der Waals surface area (Å²) in [5, 5.41) is 0. The lowest BCUT2D eigenvalue weighted by molar-refractivity contribution is -0.118. The van der Waals surface area contributed by atoms with E-state index in [9.17, 15) is 17.6 Å². The maximum absolute atomic E-state index is 13.4. The highest BCUT2D eigenvalue weighted by molar-refractivity contribution is 7.92. The molecule has 0 fully saturated rings. The van der Waals surface area contributed by atoms with E-state index in [4.69, 9.17) is 0 Å². The second-order valence-corrected chi connectivity index (χ2v) is 8.14. The van der Waals surface area contributed by atoms with Crippen LogP contribution in [0, 0.1) is 12.7 Å². The monoisotopic (exact) mass is 360 g/mol.